The number of Topliss-reactive ketones (excluding diaryl/α,β-unsaturated/α-hetero) is 1. The summed E-state index contributed by atoms with van der Waals surface area (Å²) >= 11 is 10.4. The summed E-state index contributed by atoms with van der Waals surface area (Å²) in [5, 5.41) is 13.0. The van der Waals surface area contributed by atoms with E-state index in [0.29, 0.717) is 23.1 Å². The molecule has 2 N–H and O–H groups in total. The molecule has 0 unspecified atom stereocenters. The van der Waals surface area contributed by atoms with E-state index in [4.69, 9.17) is 21.1 Å². The van der Waals surface area contributed by atoms with Gasteiger partial charge in [0.25, 0.3) is 0 Å². The van der Waals surface area contributed by atoms with Crippen LogP contribution >= 0.6 is 27.5 Å². The molecule has 0 amide bonds. The zero-order valence-corrected chi connectivity index (χ0v) is 23.2. The van der Waals surface area contributed by atoms with Crippen LogP contribution < -0.4 is 14.8 Å². The molecule has 0 saturated heterocycles. The minimum atomic E-state index is -0.676. The van der Waals surface area contributed by atoms with Crippen molar-refractivity contribution in [3.63, 3.8) is 0 Å². The Morgan fingerprint density at radius 2 is 1.79 bits per heavy atom. The van der Waals surface area contributed by atoms with E-state index in [9.17, 15) is 9.90 Å². The lowest BCUT2D eigenvalue weighted by atomic mass is 10.0. The van der Waals surface area contributed by atoms with Crippen LogP contribution in [0.15, 0.2) is 89.7 Å². The van der Waals surface area contributed by atoms with E-state index in [2.05, 4.69) is 44.4 Å². The van der Waals surface area contributed by atoms with Crippen molar-refractivity contribution in [1.29, 1.82) is 0 Å². The molecule has 4 rings (SSSR count). The zero-order chi connectivity index (χ0) is 26.9. The first-order valence-electron chi connectivity index (χ1n) is 12.1. The van der Waals surface area contributed by atoms with Gasteiger partial charge in [0.15, 0.2) is 0 Å². The lowest BCUT2D eigenvalue weighted by Gasteiger charge is -2.18. The zero-order valence-electron chi connectivity index (χ0n) is 20.9. The fourth-order valence-corrected chi connectivity index (χ4v) is 4.71. The molecule has 38 heavy (non-hydrogen) atoms. The van der Waals surface area contributed by atoms with Crippen LogP contribution in [-0.4, -0.2) is 28.5 Å². The molecule has 1 aromatic heterocycles. The molecule has 0 bridgehead atoms. The topological polar surface area (TPSA) is 80.7 Å². The third-order valence-corrected chi connectivity index (χ3v) is 7.22. The number of nitrogens with one attached hydrogen (secondary N) is 1. The molecule has 6 nitrogen and oxygen atoms in total. The highest BCUT2D eigenvalue weighted by atomic mass is 79.9. The van der Waals surface area contributed by atoms with Crippen LogP contribution in [0.4, 0.5) is 0 Å². The average molecular weight is 596 g/mol. The predicted molar refractivity (Wildman–Crippen MR) is 152 cm³/mol. The van der Waals surface area contributed by atoms with Crippen molar-refractivity contribution >= 4 is 33.3 Å². The number of nitrogens with zero attached hydrogens (tertiary/aromatic N) is 1. The molecular formula is C30H28BrClN2O4. The summed E-state index contributed by atoms with van der Waals surface area (Å²) in [6.07, 6.45) is 3.44. The first kappa shape index (κ1) is 27.8. The number of ether oxygens (including phenoxy) is 2. The normalized spacial score (nSPS) is 11.7. The molecule has 0 aliphatic heterocycles. The number of halogens is 2. The van der Waals surface area contributed by atoms with E-state index < -0.39 is 6.04 Å². The monoisotopic (exact) mass is 594 g/mol. The number of hydrogen-bond acceptors (Lipinski definition) is 6. The van der Waals surface area contributed by atoms with Crippen molar-refractivity contribution in [2.45, 2.75) is 32.7 Å². The van der Waals surface area contributed by atoms with Gasteiger partial charge in [0.1, 0.15) is 30.5 Å². The molecule has 0 fully saturated rings. The highest BCUT2D eigenvalue weighted by Gasteiger charge is 2.17. The SMILES string of the molecule is CC(=O)[C@@H](CO)NCc1cc(Cl)c(OCc2cccc(-c3ccccc3)c2Br)cc1OCc1cccnc1. The van der Waals surface area contributed by atoms with Crippen LogP contribution in [-0.2, 0) is 24.6 Å². The van der Waals surface area contributed by atoms with Crippen molar-refractivity contribution < 1.29 is 19.4 Å². The Kier molecular flexibility index (Phi) is 9.90. The first-order chi connectivity index (χ1) is 18.5. The average Bonchev–Trinajstić information content (AvgIpc) is 2.93. The summed E-state index contributed by atoms with van der Waals surface area (Å²) in [6.45, 7) is 1.99. The van der Waals surface area contributed by atoms with Gasteiger partial charge < -0.3 is 19.9 Å². The second-order valence-corrected chi connectivity index (χ2v) is 9.90. The van der Waals surface area contributed by atoms with Gasteiger partial charge in [0.2, 0.25) is 0 Å². The smallest absolute Gasteiger partial charge is 0.149 e. The second kappa shape index (κ2) is 13.5. The van der Waals surface area contributed by atoms with E-state index in [-0.39, 0.29) is 25.5 Å². The number of pyridine rings is 1. The number of hydrogen-bond donors (Lipinski definition) is 2. The van der Waals surface area contributed by atoms with Crippen molar-refractivity contribution in [1.82, 2.24) is 10.3 Å². The number of carbonyl (C=O) groups is 1. The molecule has 1 heterocycles. The molecule has 196 valence electrons. The van der Waals surface area contributed by atoms with Gasteiger partial charge >= 0.3 is 0 Å². The molecule has 1 atom stereocenters. The molecule has 3 aromatic carbocycles. The summed E-state index contributed by atoms with van der Waals surface area (Å²) in [5.41, 5.74) is 4.79. The summed E-state index contributed by atoms with van der Waals surface area (Å²) in [4.78, 5) is 15.9. The van der Waals surface area contributed by atoms with Gasteiger partial charge in [-0.15, -0.1) is 0 Å². The highest BCUT2D eigenvalue weighted by Crippen LogP contribution is 2.36. The van der Waals surface area contributed by atoms with Crippen molar-refractivity contribution in [3.05, 3.63) is 111 Å². The number of aromatic nitrogens is 1. The molecule has 4 aromatic rings. The van der Waals surface area contributed by atoms with Crippen molar-refractivity contribution in [2.24, 2.45) is 0 Å². The van der Waals surface area contributed by atoms with Gasteiger partial charge in [-0.1, -0.05) is 66.2 Å². The summed E-state index contributed by atoms with van der Waals surface area (Å²) in [5.74, 6) is 0.872. The van der Waals surface area contributed by atoms with Gasteiger partial charge in [0.05, 0.1) is 17.7 Å². The second-order valence-electron chi connectivity index (χ2n) is 8.70. The number of aliphatic hydroxyl groups is 1. The number of benzene rings is 3. The van der Waals surface area contributed by atoms with Crippen LogP contribution in [0.3, 0.4) is 0 Å². The molecular weight excluding hydrogens is 568 g/mol. The van der Waals surface area contributed by atoms with Gasteiger partial charge in [0, 0.05) is 46.2 Å². The molecule has 0 aliphatic carbocycles. The van der Waals surface area contributed by atoms with Crippen molar-refractivity contribution in [3.8, 4) is 22.6 Å². The third kappa shape index (κ3) is 7.20. The largest absolute Gasteiger partial charge is 0.488 e. The fraction of sp³-hybridized carbons (Fsp3) is 0.200. The van der Waals surface area contributed by atoms with Crippen LogP contribution in [0.1, 0.15) is 23.6 Å². The highest BCUT2D eigenvalue weighted by molar-refractivity contribution is 9.10. The molecule has 0 spiro atoms. The van der Waals surface area contributed by atoms with E-state index in [1.165, 1.54) is 6.92 Å². The van der Waals surface area contributed by atoms with Crippen molar-refractivity contribution in [2.75, 3.05) is 6.61 Å². The Morgan fingerprint density at radius 3 is 2.50 bits per heavy atom. The summed E-state index contributed by atoms with van der Waals surface area (Å²) < 4.78 is 13.2. The maximum absolute atomic E-state index is 11.8. The summed E-state index contributed by atoms with van der Waals surface area (Å²) in [7, 11) is 0. The maximum Gasteiger partial charge on any atom is 0.149 e. The molecule has 0 aliphatic rings. The van der Waals surface area contributed by atoms with Gasteiger partial charge in [-0.25, -0.2) is 0 Å². The lowest BCUT2D eigenvalue weighted by Crippen LogP contribution is -2.38. The van der Waals surface area contributed by atoms with E-state index in [1.54, 1.807) is 24.5 Å². The lowest BCUT2D eigenvalue weighted by molar-refractivity contribution is -0.119. The van der Waals surface area contributed by atoms with Crippen LogP contribution in [0.5, 0.6) is 11.5 Å². The molecule has 0 radical (unpaired) electrons. The number of carbonyl (C=O) groups excluding carboxylic acids is 1. The Labute approximate surface area is 235 Å². The Bertz CT molecular complexity index is 1370. The van der Waals surface area contributed by atoms with Crippen LogP contribution in [0.25, 0.3) is 11.1 Å². The maximum atomic E-state index is 11.8. The van der Waals surface area contributed by atoms with Gasteiger partial charge in [-0.2, -0.15) is 0 Å². The molecule has 0 saturated carbocycles. The predicted octanol–water partition coefficient (Wildman–Crippen LogP) is 6.36. The van der Waals surface area contributed by atoms with Crippen LogP contribution in [0.2, 0.25) is 5.02 Å². The van der Waals surface area contributed by atoms with E-state index in [1.807, 2.05) is 42.5 Å². The van der Waals surface area contributed by atoms with E-state index >= 15 is 0 Å². The minimum Gasteiger partial charge on any atom is -0.488 e. The quantitative estimate of drug-likeness (QED) is 0.198. The molecule has 8 heteroatoms. The standard InChI is InChI=1S/C30H28BrClN2O4/c1-20(36)27(17-35)34-16-24-13-26(32)29(14-28(24)37-18-21-7-6-12-33-15-21)38-19-23-10-5-11-25(30(23)31)22-8-3-2-4-9-22/h2-15,27,34-35H,16-19H2,1H3/t27-/m1/s1. The number of aliphatic hydroxyl groups excluding tert-OH is 1. The Balaban J connectivity index is 1.56. The van der Waals surface area contributed by atoms with Gasteiger partial charge in [-0.05, 0) is 46.1 Å². The third-order valence-electron chi connectivity index (χ3n) is 5.99. The van der Waals surface area contributed by atoms with Gasteiger partial charge in [-0.3, -0.25) is 9.78 Å². The number of rotatable bonds is 12. The van der Waals surface area contributed by atoms with Crippen LogP contribution in [0, 0.1) is 0 Å². The Hall–Kier alpha value is -3.23. The number of ketones is 1. The fourth-order valence-electron chi connectivity index (χ4n) is 3.86. The Morgan fingerprint density at radius 1 is 1.00 bits per heavy atom. The van der Waals surface area contributed by atoms with E-state index in [0.717, 1.165) is 32.3 Å². The summed E-state index contributed by atoms with van der Waals surface area (Å²) in [6, 6.07) is 22.8. The minimum absolute atomic E-state index is 0.153. The first-order valence-corrected chi connectivity index (χ1v) is 13.3.